The molecule has 1 aliphatic heterocycles. The van der Waals surface area contributed by atoms with Crippen LogP contribution >= 0.6 is 11.1 Å². The number of hydrogen-bond donors (Lipinski definition) is 3. The molecule has 26 heavy (non-hydrogen) atoms. The Labute approximate surface area is 156 Å². The normalized spacial score (nSPS) is 17.8. The first-order chi connectivity index (χ1) is 12.2. The molecule has 0 bridgehead atoms. The van der Waals surface area contributed by atoms with Crippen LogP contribution in [0.4, 0.5) is 0 Å². The molecule has 148 valence electrons. The molecule has 0 aromatic carbocycles. The van der Waals surface area contributed by atoms with Crippen LogP contribution < -0.4 is 10.0 Å². The van der Waals surface area contributed by atoms with Gasteiger partial charge < -0.3 is 19.5 Å². The summed E-state index contributed by atoms with van der Waals surface area (Å²) in [7, 11) is 2.63. The third kappa shape index (κ3) is 7.44. The highest BCUT2D eigenvalue weighted by molar-refractivity contribution is 8.32. The van der Waals surface area contributed by atoms with Crippen LogP contribution in [0.1, 0.15) is 33.6 Å². The fourth-order valence-electron chi connectivity index (χ4n) is 1.86. The predicted molar refractivity (Wildman–Crippen MR) is 99.6 cm³/mol. The molecule has 0 aliphatic carbocycles. The fraction of sp³-hybridized carbons (Fsp3) is 0.625. The monoisotopic (exact) mass is 389 g/mol. The number of aliphatic imine (C=N–C) groups is 1. The molecule has 0 saturated heterocycles. The molecule has 1 heterocycles. The minimum atomic E-state index is -1.32. The minimum Gasteiger partial charge on any atom is -0.469 e. The van der Waals surface area contributed by atoms with E-state index in [1.165, 1.54) is 20.4 Å². The van der Waals surface area contributed by atoms with Gasteiger partial charge in [0.15, 0.2) is 5.17 Å². The van der Waals surface area contributed by atoms with Crippen molar-refractivity contribution in [1.29, 1.82) is 0 Å². The van der Waals surface area contributed by atoms with Crippen molar-refractivity contribution >= 4 is 34.2 Å². The number of ether oxygens (including phenoxy) is 3. The van der Waals surface area contributed by atoms with E-state index in [-0.39, 0.29) is 24.8 Å². The third-order valence-electron chi connectivity index (χ3n) is 3.04. The molecule has 1 rings (SSSR count). The summed E-state index contributed by atoms with van der Waals surface area (Å²) in [6, 6.07) is 0. The van der Waals surface area contributed by atoms with E-state index in [0.29, 0.717) is 23.2 Å². The lowest BCUT2D eigenvalue weighted by Gasteiger charge is -2.25. The van der Waals surface area contributed by atoms with E-state index in [1.54, 1.807) is 20.8 Å². The predicted octanol–water partition coefficient (Wildman–Crippen LogP) is 0.761. The van der Waals surface area contributed by atoms with Crippen LogP contribution in [0.3, 0.4) is 0 Å². The van der Waals surface area contributed by atoms with Gasteiger partial charge in [0, 0.05) is 13.1 Å². The summed E-state index contributed by atoms with van der Waals surface area (Å²) in [6.45, 7) is 5.98. The van der Waals surface area contributed by atoms with E-state index in [0.717, 1.165) is 0 Å². The van der Waals surface area contributed by atoms with Crippen LogP contribution in [-0.2, 0) is 28.6 Å². The SMILES string of the molecule is COC(=O)CCNC1=NC=C(C(=O)OC(C)(C)C)[SH]1NCCC(=O)OC. The molecule has 9 nitrogen and oxygen atoms in total. The largest absolute Gasteiger partial charge is 0.469 e. The average Bonchev–Trinajstić information content (AvgIpc) is 2.96. The zero-order chi connectivity index (χ0) is 19.7. The van der Waals surface area contributed by atoms with Crippen molar-refractivity contribution in [3.05, 3.63) is 11.1 Å². The van der Waals surface area contributed by atoms with E-state index < -0.39 is 22.7 Å². The van der Waals surface area contributed by atoms with Gasteiger partial charge >= 0.3 is 17.9 Å². The Balaban J connectivity index is 2.72. The minimum absolute atomic E-state index is 0.159. The maximum Gasteiger partial charge on any atom is 0.346 e. The molecular weight excluding hydrogens is 362 g/mol. The summed E-state index contributed by atoms with van der Waals surface area (Å²) >= 11 is -1.32. The highest BCUT2D eigenvalue weighted by Crippen LogP contribution is 2.38. The molecule has 1 aliphatic rings. The molecule has 2 N–H and O–H groups in total. The van der Waals surface area contributed by atoms with Crippen LogP contribution in [0.15, 0.2) is 16.1 Å². The Hall–Kier alpha value is -2.07. The van der Waals surface area contributed by atoms with Crippen LogP contribution in [0, 0.1) is 0 Å². The molecule has 0 amide bonds. The second-order valence-electron chi connectivity index (χ2n) is 6.29. The molecule has 10 heteroatoms. The maximum atomic E-state index is 12.4. The van der Waals surface area contributed by atoms with E-state index >= 15 is 0 Å². The summed E-state index contributed by atoms with van der Waals surface area (Å²) in [6.07, 6.45) is 1.78. The van der Waals surface area contributed by atoms with Gasteiger partial charge in [-0.25, -0.2) is 9.79 Å². The summed E-state index contributed by atoms with van der Waals surface area (Å²) in [5, 5.41) is 3.57. The molecule has 0 spiro atoms. The lowest BCUT2D eigenvalue weighted by atomic mass is 10.2. The standard InChI is InChI=1S/C16H27N3O6S/c1-16(2,3)25-14(22)11-10-18-15(17-8-6-12(20)23-4)26(11)19-9-7-13(21)24-5/h10,19,26H,6-9H2,1-5H3,(H,17,18). The van der Waals surface area contributed by atoms with E-state index in [1.807, 2.05) is 0 Å². The molecule has 0 radical (unpaired) electrons. The second kappa shape index (κ2) is 10.2. The van der Waals surface area contributed by atoms with E-state index in [4.69, 9.17) is 4.74 Å². The first kappa shape index (κ1) is 22.0. The Morgan fingerprint density at radius 3 is 2.19 bits per heavy atom. The first-order valence-electron chi connectivity index (χ1n) is 8.10. The van der Waals surface area contributed by atoms with Gasteiger partial charge in [0.1, 0.15) is 10.5 Å². The number of hydrogen-bond acceptors (Lipinski definition) is 9. The Morgan fingerprint density at radius 1 is 1.08 bits per heavy atom. The van der Waals surface area contributed by atoms with Crippen molar-refractivity contribution in [3.63, 3.8) is 0 Å². The van der Waals surface area contributed by atoms with Crippen molar-refractivity contribution in [2.45, 2.75) is 39.2 Å². The van der Waals surface area contributed by atoms with Crippen LogP contribution in [0.5, 0.6) is 0 Å². The van der Waals surface area contributed by atoms with Crippen LogP contribution in [-0.4, -0.2) is 56.0 Å². The maximum absolute atomic E-state index is 12.4. The summed E-state index contributed by atoms with van der Waals surface area (Å²) < 4.78 is 17.8. The molecule has 0 fully saturated rings. The molecular formula is C16H27N3O6S. The lowest BCUT2D eigenvalue weighted by Crippen LogP contribution is -2.33. The topological polar surface area (TPSA) is 115 Å². The zero-order valence-corrected chi connectivity index (χ0v) is 16.6. The molecule has 0 aromatic heterocycles. The Morgan fingerprint density at radius 2 is 1.65 bits per heavy atom. The van der Waals surface area contributed by atoms with Crippen molar-refractivity contribution in [2.24, 2.45) is 4.99 Å². The van der Waals surface area contributed by atoms with Gasteiger partial charge in [-0.2, -0.15) is 0 Å². The average molecular weight is 389 g/mol. The van der Waals surface area contributed by atoms with Crippen LogP contribution in [0.2, 0.25) is 0 Å². The number of esters is 3. The van der Waals surface area contributed by atoms with Gasteiger partial charge in [0.05, 0.1) is 33.3 Å². The highest BCUT2D eigenvalue weighted by Gasteiger charge is 2.30. The van der Waals surface area contributed by atoms with E-state index in [2.05, 4.69) is 24.5 Å². The number of thiol groups is 1. The number of carbonyl (C=O) groups excluding carboxylic acids is 3. The number of nitrogens with zero attached hydrogens (tertiary/aromatic N) is 1. The Kier molecular flexibility index (Phi) is 8.59. The van der Waals surface area contributed by atoms with Gasteiger partial charge in [-0.15, -0.1) is 11.1 Å². The number of carbonyl (C=O) groups is 3. The molecule has 1 atom stereocenters. The molecule has 0 saturated carbocycles. The van der Waals surface area contributed by atoms with Crippen LogP contribution in [0.25, 0.3) is 0 Å². The number of methoxy groups -OCH3 is 2. The number of rotatable bonds is 8. The molecule has 1 unspecified atom stereocenters. The van der Waals surface area contributed by atoms with Crippen molar-refractivity contribution < 1.29 is 28.6 Å². The number of amidine groups is 1. The second-order valence-corrected chi connectivity index (χ2v) is 8.18. The van der Waals surface area contributed by atoms with Gasteiger partial charge in [0.2, 0.25) is 0 Å². The summed E-state index contributed by atoms with van der Waals surface area (Å²) in [5.74, 6) is -1.17. The summed E-state index contributed by atoms with van der Waals surface area (Å²) in [4.78, 5) is 39.6. The van der Waals surface area contributed by atoms with Gasteiger partial charge in [-0.3, -0.25) is 14.3 Å². The Bertz CT molecular complexity index is 597. The summed E-state index contributed by atoms with van der Waals surface area (Å²) in [5.41, 5.74) is -0.633. The van der Waals surface area contributed by atoms with Gasteiger partial charge in [0.25, 0.3) is 0 Å². The third-order valence-corrected chi connectivity index (χ3v) is 5.05. The quantitative estimate of drug-likeness (QED) is 0.317. The first-order valence-corrected chi connectivity index (χ1v) is 9.44. The lowest BCUT2D eigenvalue weighted by molar-refractivity contribution is -0.149. The highest BCUT2D eigenvalue weighted by atomic mass is 32.2. The number of nitrogens with one attached hydrogen (secondary N) is 2. The smallest absolute Gasteiger partial charge is 0.346 e. The fourth-order valence-corrected chi connectivity index (χ4v) is 3.59. The van der Waals surface area contributed by atoms with Crippen molar-refractivity contribution in [3.8, 4) is 0 Å². The van der Waals surface area contributed by atoms with Gasteiger partial charge in [-0.05, 0) is 20.8 Å². The van der Waals surface area contributed by atoms with Gasteiger partial charge in [-0.1, -0.05) is 0 Å². The van der Waals surface area contributed by atoms with Crippen molar-refractivity contribution in [1.82, 2.24) is 10.0 Å². The van der Waals surface area contributed by atoms with Crippen molar-refractivity contribution in [2.75, 3.05) is 27.3 Å². The van der Waals surface area contributed by atoms with E-state index in [9.17, 15) is 14.4 Å². The molecule has 0 aromatic rings. The zero-order valence-electron chi connectivity index (χ0n) is 15.7.